The topological polar surface area (TPSA) is 46.6 Å². The second-order valence-corrected chi connectivity index (χ2v) is 5.01. The van der Waals surface area contributed by atoms with E-state index in [9.17, 15) is 9.59 Å². The van der Waals surface area contributed by atoms with Crippen LogP contribution in [0.4, 0.5) is 0 Å². The fourth-order valence-electron chi connectivity index (χ4n) is 2.44. The Morgan fingerprint density at radius 2 is 2.00 bits per heavy atom. The van der Waals surface area contributed by atoms with Crippen LogP contribution in [0.2, 0.25) is 0 Å². The van der Waals surface area contributed by atoms with Gasteiger partial charge in [-0.25, -0.2) is 0 Å². The molecule has 1 saturated heterocycles. The molecule has 2 atom stereocenters. The number of carbonyl (C=O) groups excluding carboxylic acids is 2. The smallest absolute Gasteiger partial charge is 0.223 e. The summed E-state index contributed by atoms with van der Waals surface area (Å²) in [7, 11) is 1.62. The Kier molecular flexibility index (Phi) is 3.88. The molecule has 2 rings (SSSR count). The van der Waals surface area contributed by atoms with Crippen LogP contribution in [0.5, 0.6) is 5.75 Å². The Balaban J connectivity index is 2.12. The Morgan fingerprint density at radius 3 is 2.47 bits per heavy atom. The van der Waals surface area contributed by atoms with Crippen molar-refractivity contribution < 1.29 is 14.3 Å². The predicted molar refractivity (Wildman–Crippen MR) is 71.9 cm³/mol. The maximum Gasteiger partial charge on any atom is 0.223 e. The maximum absolute atomic E-state index is 12.0. The molecule has 1 heterocycles. The first-order chi connectivity index (χ1) is 9.02. The minimum Gasteiger partial charge on any atom is -0.497 e. The normalized spacial score (nSPS) is 20.5. The molecule has 1 amide bonds. The van der Waals surface area contributed by atoms with Crippen LogP contribution in [-0.2, 0) is 9.59 Å². The monoisotopic (exact) mass is 261 g/mol. The summed E-state index contributed by atoms with van der Waals surface area (Å²) in [5, 5.41) is 0. The number of Topliss-reactive ketones (excluding diaryl/α,β-unsaturated/α-hetero) is 1. The lowest BCUT2D eigenvalue weighted by Crippen LogP contribution is -2.29. The summed E-state index contributed by atoms with van der Waals surface area (Å²) >= 11 is 0. The maximum atomic E-state index is 12.0. The van der Waals surface area contributed by atoms with Crippen LogP contribution in [0.15, 0.2) is 24.3 Å². The van der Waals surface area contributed by atoms with Crippen molar-refractivity contribution in [1.29, 1.82) is 0 Å². The number of amides is 1. The lowest BCUT2D eigenvalue weighted by Gasteiger charge is -2.25. The van der Waals surface area contributed by atoms with Gasteiger partial charge in [0, 0.05) is 18.9 Å². The summed E-state index contributed by atoms with van der Waals surface area (Å²) < 4.78 is 5.12. The fraction of sp³-hybridized carbons (Fsp3) is 0.467. The predicted octanol–water partition coefficient (Wildman–Crippen LogP) is 2.19. The molecule has 4 nitrogen and oxygen atoms in total. The highest BCUT2D eigenvalue weighted by atomic mass is 16.5. The molecular weight excluding hydrogens is 242 g/mol. The van der Waals surface area contributed by atoms with Crippen molar-refractivity contribution in [2.75, 3.05) is 13.7 Å². The van der Waals surface area contributed by atoms with Crippen molar-refractivity contribution in [2.45, 2.75) is 26.3 Å². The van der Waals surface area contributed by atoms with Gasteiger partial charge in [0.15, 0.2) is 0 Å². The lowest BCUT2D eigenvalue weighted by atomic mass is 10.0. The number of rotatable bonds is 4. The molecule has 0 radical (unpaired) electrons. The van der Waals surface area contributed by atoms with Crippen LogP contribution in [-0.4, -0.2) is 30.2 Å². The molecule has 0 saturated carbocycles. The SMILES string of the molecule is COc1ccc([C@@H](C)N2C[C@H](C(C)=O)CC2=O)cc1. The number of nitrogens with zero attached hydrogens (tertiary/aromatic N) is 1. The average Bonchev–Trinajstić information content (AvgIpc) is 2.80. The third-order valence-corrected chi connectivity index (χ3v) is 3.80. The number of benzene rings is 1. The van der Waals surface area contributed by atoms with Gasteiger partial charge >= 0.3 is 0 Å². The van der Waals surface area contributed by atoms with E-state index in [4.69, 9.17) is 4.74 Å². The third kappa shape index (κ3) is 2.78. The van der Waals surface area contributed by atoms with Crippen LogP contribution >= 0.6 is 0 Å². The van der Waals surface area contributed by atoms with E-state index in [2.05, 4.69) is 0 Å². The molecular formula is C15H19NO3. The second-order valence-electron chi connectivity index (χ2n) is 5.01. The minimum absolute atomic E-state index is 0.0113. The number of carbonyl (C=O) groups is 2. The van der Waals surface area contributed by atoms with Gasteiger partial charge < -0.3 is 9.64 Å². The van der Waals surface area contributed by atoms with E-state index in [1.165, 1.54) is 0 Å². The van der Waals surface area contributed by atoms with Crippen molar-refractivity contribution in [2.24, 2.45) is 5.92 Å². The Hall–Kier alpha value is -1.84. The highest BCUT2D eigenvalue weighted by Gasteiger charge is 2.35. The number of likely N-dealkylation sites (tertiary alicyclic amines) is 1. The van der Waals surface area contributed by atoms with Crippen LogP contribution < -0.4 is 4.74 Å². The van der Waals surface area contributed by atoms with E-state index < -0.39 is 0 Å². The van der Waals surface area contributed by atoms with E-state index in [1.807, 2.05) is 31.2 Å². The highest BCUT2D eigenvalue weighted by Crippen LogP contribution is 2.29. The van der Waals surface area contributed by atoms with Crippen LogP contribution in [0.25, 0.3) is 0 Å². The summed E-state index contributed by atoms with van der Waals surface area (Å²) in [6, 6.07) is 7.67. The van der Waals surface area contributed by atoms with Crippen molar-refractivity contribution in [1.82, 2.24) is 4.90 Å². The quantitative estimate of drug-likeness (QED) is 0.834. The van der Waals surface area contributed by atoms with Gasteiger partial charge in [-0.05, 0) is 31.5 Å². The van der Waals surface area contributed by atoms with Gasteiger partial charge in [0.2, 0.25) is 5.91 Å². The lowest BCUT2D eigenvalue weighted by molar-refractivity contribution is -0.129. The summed E-state index contributed by atoms with van der Waals surface area (Å²) in [6.45, 7) is 4.07. The summed E-state index contributed by atoms with van der Waals surface area (Å²) in [4.78, 5) is 25.1. The molecule has 102 valence electrons. The first-order valence-electron chi connectivity index (χ1n) is 6.46. The minimum atomic E-state index is -0.145. The first-order valence-corrected chi connectivity index (χ1v) is 6.46. The zero-order valence-electron chi connectivity index (χ0n) is 11.6. The van der Waals surface area contributed by atoms with E-state index in [-0.39, 0.29) is 23.7 Å². The number of hydrogen-bond acceptors (Lipinski definition) is 3. The molecule has 1 aromatic rings. The molecule has 0 unspecified atom stereocenters. The van der Waals surface area contributed by atoms with Gasteiger partial charge in [-0.15, -0.1) is 0 Å². The highest BCUT2D eigenvalue weighted by molar-refractivity contribution is 5.89. The zero-order valence-corrected chi connectivity index (χ0v) is 11.6. The molecule has 19 heavy (non-hydrogen) atoms. The number of ether oxygens (including phenoxy) is 1. The molecule has 1 aromatic carbocycles. The molecule has 0 aromatic heterocycles. The number of hydrogen-bond donors (Lipinski definition) is 0. The van der Waals surface area contributed by atoms with Crippen LogP contribution in [0.1, 0.15) is 31.9 Å². The summed E-state index contributed by atoms with van der Waals surface area (Å²) in [6.07, 6.45) is 0.343. The standard InChI is InChI=1S/C15H19NO3/c1-10(12-4-6-14(19-3)7-5-12)16-9-13(11(2)17)8-15(16)18/h4-7,10,13H,8-9H2,1-3H3/t10-,13-/m1/s1. The number of ketones is 1. The summed E-state index contributed by atoms with van der Waals surface area (Å²) in [5.74, 6) is 0.805. The van der Waals surface area contributed by atoms with Crippen LogP contribution in [0, 0.1) is 5.92 Å². The molecule has 4 heteroatoms. The molecule has 0 bridgehead atoms. The van der Waals surface area contributed by atoms with E-state index >= 15 is 0 Å². The van der Waals surface area contributed by atoms with E-state index in [0.29, 0.717) is 13.0 Å². The molecule has 0 aliphatic carbocycles. The average molecular weight is 261 g/mol. The van der Waals surface area contributed by atoms with Gasteiger partial charge in [-0.3, -0.25) is 9.59 Å². The van der Waals surface area contributed by atoms with Gasteiger partial charge in [-0.2, -0.15) is 0 Å². The fourth-order valence-corrected chi connectivity index (χ4v) is 2.44. The Bertz CT molecular complexity index is 481. The van der Waals surface area contributed by atoms with Gasteiger partial charge in [0.1, 0.15) is 11.5 Å². The number of methoxy groups -OCH3 is 1. The van der Waals surface area contributed by atoms with Crippen molar-refractivity contribution >= 4 is 11.7 Å². The molecule has 1 aliphatic rings. The molecule has 1 aliphatic heterocycles. The van der Waals surface area contributed by atoms with Crippen molar-refractivity contribution in [3.05, 3.63) is 29.8 Å². The molecule has 0 N–H and O–H groups in total. The molecule has 0 spiro atoms. The van der Waals surface area contributed by atoms with Gasteiger partial charge in [0.05, 0.1) is 13.2 Å². The second kappa shape index (κ2) is 5.43. The Morgan fingerprint density at radius 1 is 1.37 bits per heavy atom. The van der Waals surface area contributed by atoms with Gasteiger partial charge in [-0.1, -0.05) is 12.1 Å². The van der Waals surface area contributed by atoms with Crippen molar-refractivity contribution in [3.63, 3.8) is 0 Å². The first kappa shape index (κ1) is 13.6. The summed E-state index contributed by atoms with van der Waals surface area (Å²) in [5.41, 5.74) is 1.05. The largest absolute Gasteiger partial charge is 0.497 e. The zero-order chi connectivity index (χ0) is 14.0. The third-order valence-electron chi connectivity index (χ3n) is 3.80. The Labute approximate surface area is 113 Å². The van der Waals surface area contributed by atoms with Crippen molar-refractivity contribution in [3.8, 4) is 5.75 Å². The molecule has 1 fully saturated rings. The van der Waals surface area contributed by atoms with E-state index in [1.54, 1.807) is 18.9 Å². The van der Waals surface area contributed by atoms with Crippen LogP contribution in [0.3, 0.4) is 0 Å². The van der Waals surface area contributed by atoms with Gasteiger partial charge in [0.25, 0.3) is 0 Å². The van der Waals surface area contributed by atoms with E-state index in [0.717, 1.165) is 11.3 Å².